The van der Waals surface area contributed by atoms with Crippen molar-refractivity contribution in [2.24, 2.45) is 0 Å². The minimum Gasteiger partial charge on any atom is -1.00 e. The summed E-state index contributed by atoms with van der Waals surface area (Å²) in [5.74, 6) is 2.75. The fourth-order valence-electron chi connectivity index (χ4n) is 4.83. The van der Waals surface area contributed by atoms with Gasteiger partial charge in [-0.1, -0.05) is 12.1 Å². The number of quaternary nitrogens is 2. The summed E-state index contributed by atoms with van der Waals surface area (Å²) in [4.78, 5) is 15.1. The number of para-hydroxylation sites is 2. The number of nitrogens with one attached hydrogen (secondary N) is 2. The number of esters is 1. The molecule has 0 amide bonds. The maximum atomic E-state index is 12.2. The Morgan fingerprint density at radius 3 is 2.00 bits per heavy atom. The van der Waals surface area contributed by atoms with Crippen LogP contribution >= 0.6 is 0 Å². The zero-order valence-electron chi connectivity index (χ0n) is 25.7. The van der Waals surface area contributed by atoms with E-state index in [1.165, 1.54) is 15.5 Å². The molecule has 2 N–H and O–H groups in total. The molecule has 2 aromatic rings. The van der Waals surface area contributed by atoms with Crippen LogP contribution in [0.25, 0.3) is 0 Å². The molecule has 0 saturated carbocycles. The topological polar surface area (TPSA) is 90.6 Å². The summed E-state index contributed by atoms with van der Waals surface area (Å²) < 4.78 is 39.7. The summed E-state index contributed by atoms with van der Waals surface area (Å²) >= 11 is 0. The molecule has 42 heavy (non-hydrogen) atoms. The highest BCUT2D eigenvalue weighted by Crippen LogP contribution is 2.40. The molecule has 1 saturated heterocycles. The number of ether oxygens (including phenoxy) is 7. The van der Waals surface area contributed by atoms with Crippen molar-refractivity contribution in [3.8, 4) is 28.7 Å². The van der Waals surface area contributed by atoms with E-state index in [2.05, 4.69) is 12.1 Å². The van der Waals surface area contributed by atoms with Gasteiger partial charge in [0, 0.05) is 18.2 Å². The molecule has 0 bridgehead atoms. The molecule has 1 fully saturated rings. The highest BCUT2D eigenvalue weighted by Gasteiger charge is 2.29. The van der Waals surface area contributed by atoms with Crippen LogP contribution < -0.4 is 58.3 Å². The summed E-state index contributed by atoms with van der Waals surface area (Å²) in [6, 6.07) is 11.7. The first-order valence-electron chi connectivity index (χ1n) is 13.7. The smallest absolute Gasteiger partial charge is 0.308 e. The van der Waals surface area contributed by atoms with Gasteiger partial charge in [0.25, 0.3) is 0 Å². The first-order valence-corrected chi connectivity index (χ1v) is 13.7. The van der Waals surface area contributed by atoms with Crippen molar-refractivity contribution in [2.75, 3.05) is 74.4 Å². The van der Waals surface area contributed by atoms with Crippen molar-refractivity contribution in [1.29, 1.82) is 0 Å². The Bertz CT molecular complexity index is 1070. The van der Waals surface area contributed by atoms with Gasteiger partial charge in [0.15, 0.2) is 22.9 Å². The molecule has 0 radical (unpaired) electrons. The molecule has 238 valence electrons. The molecular formula is C30H46Cl2N2O8. The quantitative estimate of drug-likeness (QED) is 0.201. The molecule has 2 aromatic carbocycles. The first kappa shape index (κ1) is 37.4. The van der Waals surface area contributed by atoms with Gasteiger partial charge in [-0.15, -0.1) is 0 Å². The zero-order valence-corrected chi connectivity index (χ0v) is 27.2. The summed E-state index contributed by atoms with van der Waals surface area (Å²) in [6.45, 7) is 10.8. The van der Waals surface area contributed by atoms with Crippen molar-refractivity contribution < 1.29 is 72.6 Å². The number of halogens is 2. The van der Waals surface area contributed by atoms with Crippen LogP contribution in [0.2, 0.25) is 0 Å². The van der Waals surface area contributed by atoms with Crippen LogP contribution in [0.3, 0.4) is 0 Å². The highest BCUT2D eigenvalue weighted by molar-refractivity contribution is 5.69. The monoisotopic (exact) mass is 632 g/mol. The van der Waals surface area contributed by atoms with Gasteiger partial charge in [-0.05, 0) is 26.8 Å². The normalized spacial score (nSPS) is 17.1. The minimum atomic E-state index is -0.528. The van der Waals surface area contributed by atoms with Crippen LogP contribution in [-0.4, -0.2) is 92.1 Å². The molecule has 10 nitrogen and oxygen atoms in total. The van der Waals surface area contributed by atoms with Crippen LogP contribution in [0, 0.1) is 0 Å². The summed E-state index contributed by atoms with van der Waals surface area (Å²) in [7, 11) is 6.42. The number of benzene rings is 2. The third-order valence-corrected chi connectivity index (χ3v) is 6.72. The van der Waals surface area contributed by atoms with E-state index in [0.29, 0.717) is 29.6 Å². The van der Waals surface area contributed by atoms with E-state index >= 15 is 0 Å². The van der Waals surface area contributed by atoms with Gasteiger partial charge in [-0.3, -0.25) is 9.69 Å². The second-order valence-corrected chi connectivity index (χ2v) is 10.8. The number of carbonyl (C=O) groups is 1. The molecular weight excluding hydrogens is 587 g/mol. The lowest BCUT2D eigenvalue weighted by molar-refractivity contribution is -0.988. The number of methoxy groups -OCH3 is 4. The van der Waals surface area contributed by atoms with E-state index in [1.54, 1.807) is 40.6 Å². The van der Waals surface area contributed by atoms with Gasteiger partial charge in [-0.2, -0.15) is 0 Å². The van der Waals surface area contributed by atoms with Gasteiger partial charge < -0.3 is 62.9 Å². The molecule has 1 atom stereocenters. The number of hydrogen-bond acceptors (Lipinski definition) is 8. The van der Waals surface area contributed by atoms with Crippen molar-refractivity contribution >= 4 is 11.7 Å². The van der Waals surface area contributed by atoms with E-state index in [-0.39, 0.29) is 49.9 Å². The molecule has 3 rings (SSSR count). The van der Waals surface area contributed by atoms with Crippen LogP contribution in [0.15, 0.2) is 36.4 Å². The van der Waals surface area contributed by atoms with E-state index in [1.807, 2.05) is 32.9 Å². The Morgan fingerprint density at radius 1 is 0.857 bits per heavy atom. The molecule has 1 heterocycles. The number of piperazine rings is 1. The summed E-state index contributed by atoms with van der Waals surface area (Å²) in [5.41, 5.74) is 0.666. The predicted molar refractivity (Wildman–Crippen MR) is 151 cm³/mol. The van der Waals surface area contributed by atoms with Crippen LogP contribution in [0.4, 0.5) is 5.69 Å². The maximum Gasteiger partial charge on any atom is 0.308 e. The summed E-state index contributed by atoms with van der Waals surface area (Å²) in [5, 5.41) is 0. The van der Waals surface area contributed by atoms with Gasteiger partial charge in [0.2, 0.25) is 5.75 Å². The van der Waals surface area contributed by atoms with E-state index in [4.69, 9.17) is 33.2 Å². The Morgan fingerprint density at radius 2 is 1.45 bits per heavy atom. The average Bonchev–Trinajstić information content (AvgIpc) is 2.94. The Balaban J connectivity index is 0.00000441. The lowest BCUT2D eigenvalue weighted by Gasteiger charge is -2.32. The van der Waals surface area contributed by atoms with Crippen LogP contribution in [-0.2, 0) is 14.3 Å². The van der Waals surface area contributed by atoms with E-state index in [0.717, 1.165) is 38.5 Å². The molecule has 1 aliphatic rings. The summed E-state index contributed by atoms with van der Waals surface area (Å²) in [6.07, 6.45) is -0.0525. The zero-order chi connectivity index (χ0) is 29.1. The average molecular weight is 634 g/mol. The van der Waals surface area contributed by atoms with E-state index in [9.17, 15) is 4.79 Å². The Labute approximate surface area is 262 Å². The Hall–Kier alpha value is -2.63. The van der Waals surface area contributed by atoms with Crippen molar-refractivity contribution in [1.82, 2.24) is 0 Å². The second-order valence-electron chi connectivity index (χ2n) is 10.8. The maximum absolute atomic E-state index is 12.2. The van der Waals surface area contributed by atoms with Gasteiger partial charge >= 0.3 is 5.97 Å². The molecule has 12 heteroatoms. The lowest BCUT2D eigenvalue weighted by atomic mass is 10.2. The lowest BCUT2D eigenvalue weighted by Crippen LogP contribution is -3.26. The van der Waals surface area contributed by atoms with Crippen LogP contribution in [0.5, 0.6) is 28.7 Å². The number of carbonyl (C=O) groups excluding carboxylic acids is 1. The third-order valence-electron chi connectivity index (χ3n) is 6.72. The molecule has 0 aliphatic carbocycles. The molecule has 0 aromatic heterocycles. The fourth-order valence-corrected chi connectivity index (χ4v) is 4.83. The molecule has 1 unspecified atom stereocenters. The van der Waals surface area contributed by atoms with Crippen molar-refractivity contribution in [3.63, 3.8) is 0 Å². The largest absolute Gasteiger partial charge is 1.00 e. The third kappa shape index (κ3) is 11.2. The predicted octanol–water partition coefficient (Wildman–Crippen LogP) is -4.66. The fraction of sp³-hybridized carbons (Fsp3) is 0.567. The van der Waals surface area contributed by atoms with Crippen molar-refractivity contribution in [2.45, 2.75) is 38.9 Å². The van der Waals surface area contributed by atoms with Gasteiger partial charge in [0.1, 0.15) is 56.8 Å². The molecule has 1 aliphatic heterocycles. The van der Waals surface area contributed by atoms with E-state index < -0.39 is 5.60 Å². The molecule has 0 spiro atoms. The number of rotatable bonds is 14. The first-order chi connectivity index (χ1) is 19.2. The standard InChI is InChI=1S/C30H44N2O8.2ClH/c1-30(2,3)40-28(33)12-17-38-23(21-39-22-18-26(35-5)29(37-7)27(19-22)36-6)20-31-13-15-32(16-14-31)24-10-8-9-11-25(24)34-4;;/h8-11,18-19,23H,12-17,20-21H2,1-7H3;2*1H. The minimum absolute atomic E-state index is 0. The van der Waals surface area contributed by atoms with Crippen molar-refractivity contribution in [3.05, 3.63) is 36.4 Å². The van der Waals surface area contributed by atoms with Gasteiger partial charge in [-0.25, -0.2) is 0 Å². The van der Waals surface area contributed by atoms with Crippen LogP contribution in [0.1, 0.15) is 27.2 Å². The highest BCUT2D eigenvalue weighted by atomic mass is 35.5. The van der Waals surface area contributed by atoms with Gasteiger partial charge in [0.05, 0.1) is 41.5 Å². The Kier molecular flexibility index (Phi) is 16.1. The second kappa shape index (κ2) is 18.1. The number of hydrogen-bond donors (Lipinski definition) is 2. The SMILES string of the molecule is COc1ccccc1[NH+]1CC[NH+](CC(COc2cc(OC)c(OC)c(OC)c2)OCCC(=O)OC(C)(C)C)CC1.[Cl-].[Cl-].